The molecule has 0 bridgehead atoms. The number of aromatic nitrogens is 2. The predicted molar refractivity (Wildman–Crippen MR) is 67.3 cm³/mol. The second kappa shape index (κ2) is 4.47. The van der Waals surface area contributed by atoms with Crippen molar-refractivity contribution < 1.29 is 12.8 Å². The van der Waals surface area contributed by atoms with Gasteiger partial charge in [0, 0.05) is 6.26 Å². The topological polar surface area (TPSA) is 95.1 Å². The van der Waals surface area contributed by atoms with Gasteiger partial charge in [0.05, 0.1) is 16.8 Å². The molecule has 1 aromatic heterocycles. The monoisotopic (exact) mass is 283 g/mol. The molecule has 0 spiro atoms. The van der Waals surface area contributed by atoms with Crippen LogP contribution in [0.5, 0.6) is 0 Å². The highest BCUT2D eigenvalue weighted by Gasteiger charge is 2.09. The van der Waals surface area contributed by atoms with Crippen LogP contribution in [0.15, 0.2) is 40.2 Å². The van der Waals surface area contributed by atoms with Gasteiger partial charge in [-0.05, 0) is 24.3 Å². The van der Waals surface area contributed by atoms with E-state index >= 15 is 0 Å². The maximum Gasteiger partial charge on any atom is 0.354 e. The lowest BCUT2D eigenvalue weighted by Gasteiger charge is -2.06. The third-order valence-electron chi connectivity index (χ3n) is 2.45. The zero-order chi connectivity index (χ0) is 14.2. The molecule has 0 aliphatic heterocycles. The molecule has 100 valence electrons. The van der Waals surface area contributed by atoms with Crippen molar-refractivity contribution >= 4 is 15.7 Å². The largest absolute Gasteiger partial charge is 0.381 e. The van der Waals surface area contributed by atoms with E-state index in [0.29, 0.717) is 5.69 Å². The van der Waals surface area contributed by atoms with E-state index in [1.165, 1.54) is 24.3 Å². The maximum atomic E-state index is 13.3. The van der Waals surface area contributed by atoms with E-state index in [0.717, 1.165) is 17.0 Å². The summed E-state index contributed by atoms with van der Waals surface area (Å²) in [5, 5.41) is 0. The van der Waals surface area contributed by atoms with E-state index in [1.54, 1.807) is 0 Å². The van der Waals surface area contributed by atoms with Gasteiger partial charge in [0.2, 0.25) is 0 Å². The van der Waals surface area contributed by atoms with Crippen molar-refractivity contribution in [1.82, 2.24) is 9.55 Å². The Morgan fingerprint density at radius 3 is 2.37 bits per heavy atom. The van der Waals surface area contributed by atoms with E-state index in [4.69, 9.17) is 5.73 Å². The molecule has 19 heavy (non-hydrogen) atoms. The molecule has 0 radical (unpaired) electrons. The summed E-state index contributed by atoms with van der Waals surface area (Å²) in [7, 11) is -3.32. The third-order valence-corrected chi connectivity index (χ3v) is 3.58. The molecule has 0 unspecified atom stereocenters. The summed E-state index contributed by atoms with van der Waals surface area (Å²) in [6.07, 6.45) is 1.97. The van der Waals surface area contributed by atoms with E-state index in [9.17, 15) is 17.6 Å². The van der Waals surface area contributed by atoms with Gasteiger partial charge < -0.3 is 5.73 Å². The maximum absolute atomic E-state index is 13.3. The Hall–Kier alpha value is -2.22. The van der Waals surface area contributed by atoms with Crippen LogP contribution in [0.2, 0.25) is 0 Å². The number of nitrogens with two attached hydrogens (primary N) is 1. The van der Waals surface area contributed by atoms with E-state index in [-0.39, 0.29) is 4.90 Å². The average Bonchev–Trinajstić information content (AvgIpc) is 2.33. The van der Waals surface area contributed by atoms with Crippen molar-refractivity contribution in [2.24, 2.45) is 0 Å². The molecule has 0 aliphatic carbocycles. The third kappa shape index (κ3) is 2.63. The van der Waals surface area contributed by atoms with Gasteiger partial charge in [-0.3, -0.25) is 4.57 Å². The van der Waals surface area contributed by atoms with Gasteiger partial charge in [0.1, 0.15) is 0 Å². The second-order valence-electron chi connectivity index (χ2n) is 3.89. The SMILES string of the molecule is CS(=O)(=O)c1ccc(-n2cc(F)c(N)nc2=O)cc1. The van der Waals surface area contributed by atoms with Crippen molar-refractivity contribution in [1.29, 1.82) is 0 Å². The highest BCUT2D eigenvalue weighted by Crippen LogP contribution is 2.13. The standard InChI is InChI=1S/C11H10FN3O3S/c1-19(17,18)8-4-2-7(3-5-8)15-6-9(12)10(13)14-11(15)16/h2-6H,1H3,(H2,13,14,16). The van der Waals surface area contributed by atoms with Crippen molar-refractivity contribution in [3.05, 3.63) is 46.8 Å². The Morgan fingerprint density at radius 1 is 1.26 bits per heavy atom. The number of sulfone groups is 1. The van der Waals surface area contributed by atoms with Crippen molar-refractivity contribution in [2.45, 2.75) is 4.90 Å². The van der Waals surface area contributed by atoms with Gasteiger partial charge in [0.15, 0.2) is 21.5 Å². The summed E-state index contributed by atoms with van der Waals surface area (Å²) in [6.45, 7) is 0. The molecule has 0 aliphatic rings. The van der Waals surface area contributed by atoms with Crippen LogP contribution in [0, 0.1) is 5.82 Å². The zero-order valence-corrected chi connectivity index (χ0v) is 10.7. The average molecular weight is 283 g/mol. The summed E-state index contributed by atoms with van der Waals surface area (Å²) in [5.41, 5.74) is 4.72. The number of anilines is 1. The zero-order valence-electron chi connectivity index (χ0n) is 9.87. The molecule has 2 aromatic rings. The molecule has 6 nitrogen and oxygen atoms in total. The fourth-order valence-electron chi connectivity index (χ4n) is 1.48. The first-order chi connectivity index (χ1) is 8.79. The number of nitrogens with zero attached hydrogens (tertiary/aromatic N) is 2. The summed E-state index contributed by atoms with van der Waals surface area (Å²) in [4.78, 5) is 15.0. The lowest BCUT2D eigenvalue weighted by molar-refractivity contribution is 0.601. The number of nitrogen functional groups attached to an aromatic ring is 1. The molecule has 2 N–H and O–H groups in total. The quantitative estimate of drug-likeness (QED) is 0.858. The van der Waals surface area contributed by atoms with Crippen LogP contribution in [0.25, 0.3) is 5.69 Å². The molecule has 1 heterocycles. The van der Waals surface area contributed by atoms with Crippen LogP contribution in [0.4, 0.5) is 10.2 Å². The number of hydrogen-bond acceptors (Lipinski definition) is 5. The van der Waals surface area contributed by atoms with Crippen LogP contribution < -0.4 is 11.4 Å². The Morgan fingerprint density at radius 2 is 1.84 bits per heavy atom. The van der Waals surface area contributed by atoms with Crippen LogP contribution in [0.1, 0.15) is 0 Å². The summed E-state index contributed by atoms with van der Waals surface area (Å²) in [5.74, 6) is -1.30. The van der Waals surface area contributed by atoms with Gasteiger partial charge in [-0.1, -0.05) is 0 Å². The van der Waals surface area contributed by atoms with Crippen LogP contribution >= 0.6 is 0 Å². The number of benzene rings is 1. The smallest absolute Gasteiger partial charge is 0.354 e. The fraction of sp³-hybridized carbons (Fsp3) is 0.0909. The van der Waals surface area contributed by atoms with E-state index in [1.807, 2.05) is 0 Å². The van der Waals surface area contributed by atoms with Crippen LogP contribution in [-0.4, -0.2) is 24.2 Å². The normalized spacial score (nSPS) is 11.5. The van der Waals surface area contributed by atoms with Crippen molar-refractivity contribution in [2.75, 3.05) is 12.0 Å². The molecule has 0 saturated heterocycles. The Bertz CT molecular complexity index is 782. The first-order valence-corrected chi connectivity index (χ1v) is 7.03. The number of hydrogen-bond donors (Lipinski definition) is 1. The Labute approximate surface area is 108 Å². The highest BCUT2D eigenvalue weighted by atomic mass is 32.2. The molecule has 2 rings (SSSR count). The first-order valence-electron chi connectivity index (χ1n) is 5.14. The first kappa shape index (κ1) is 13.2. The molecule has 8 heteroatoms. The van der Waals surface area contributed by atoms with Gasteiger partial charge in [-0.25, -0.2) is 17.6 Å². The molecule has 0 atom stereocenters. The molecule has 0 fully saturated rings. The summed E-state index contributed by atoms with van der Waals surface area (Å²) < 4.78 is 36.8. The highest BCUT2D eigenvalue weighted by molar-refractivity contribution is 7.90. The molecular weight excluding hydrogens is 273 g/mol. The fourth-order valence-corrected chi connectivity index (χ4v) is 2.11. The minimum atomic E-state index is -3.32. The Balaban J connectivity index is 2.55. The summed E-state index contributed by atoms with van der Waals surface area (Å²) in [6, 6.07) is 5.42. The minimum absolute atomic E-state index is 0.105. The van der Waals surface area contributed by atoms with E-state index < -0.39 is 27.2 Å². The molecule has 1 aromatic carbocycles. The van der Waals surface area contributed by atoms with Gasteiger partial charge in [-0.2, -0.15) is 4.98 Å². The predicted octanol–water partition coefficient (Wildman–Crippen LogP) is 0.357. The van der Waals surface area contributed by atoms with Crippen molar-refractivity contribution in [3.63, 3.8) is 0 Å². The molecular formula is C11H10FN3O3S. The minimum Gasteiger partial charge on any atom is -0.381 e. The Kier molecular flexibility index (Phi) is 3.11. The summed E-state index contributed by atoms with van der Waals surface area (Å²) >= 11 is 0. The van der Waals surface area contributed by atoms with Crippen molar-refractivity contribution in [3.8, 4) is 5.69 Å². The second-order valence-corrected chi connectivity index (χ2v) is 5.91. The van der Waals surface area contributed by atoms with Crippen LogP contribution in [-0.2, 0) is 9.84 Å². The van der Waals surface area contributed by atoms with Gasteiger partial charge in [0.25, 0.3) is 0 Å². The lowest BCUT2D eigenvalue weighted by Crippen LogP contribution is -2.23. The van der Waals surface area contributed by atoms with Crippen LogP contribution in [0.3, 0.4) is 0 Å². The van der Waals surface area contributed by atoms with Gasteiger partial charge >= 0.3 is 5.69 Å². The lowest BCUT2D eigenvalue weighted by atomic mass is 10.3. The molecule has 0 saturated carbocycles. The molecule has 0 amide bonds. The number of halogens is 1. The van der Waals surface area contributed by atoms with Gasteiger partial charge in [-0.15, -0.1) is 0 Å². The number of rotatable bonds is 2. The van der Waals surface area contributed by atoms with E-state index in [2.05, 4.69) is 4.98 Å².